The van der Waals surface area contributed by atoms with Gasteiger partial charge in [-0.2, -0.15) is 5.10 Å². The molecule has 174 valence electrons. The number of carbonyl (C=O) groups is 2. The molecule has 0 N–H and O–H groups in total. The van der Waals surface area contributed by atoms with E-state index in [1.165, 1.54) is 11.9 Å². The molecule has 9 heteroatoms. The number of imidazole rings is 1. The average molecular weight is 466 g/mol. The predicted molar refractivity (Wildman–Crippen MR) is 132 cm³/mol. The van der Waals surface area contributed by atoms with Crippen LogP contribution >= 0.6 is 0 Å². The Morgan fingerprint density at radius 1 is 0.886 bits per heavy atom. The van der Waals surface area contributed by atoms with E-state index in [9.17, 15) is 9.59 Å². The van der Waals surface area contributed by atoms with Gasteiger partial charge < -0.3 is 9.13 Å². The highest BCUT2D eigenvalue weighted by molar-refractivity contribution is 6.50. The van der Waals surface area contributed by atoms with Crippen LogP contribution < -0.4 is 0 Å². The van der Waals surface area contributed by atoms with E-state index in [2.05, 4.69) is 19.6 Å². The van der Waals surface area contributed by atoms with Crippen LogP contribution in [0.3, 0.4) is 0 Å². The largest absolute Gasteiger partial charge is 0.347 e. The molecule has 0 spiro atoms. The number of hydrogen-bond acceptors (Lipinski definition) is 5. The standard InChI is InChI=1S/C26H23N7O2/c1-30-25(34)21(22(26(30)35)23-18-8-5-10-28-24(18)31(2)29-23)19-15-33(20-9-4-3-7-17(19)20)13-6-12-32-14-11-27-16-32/h3-5,7-11,14-16H,6,12-13H2,1-2H3. The van der Waals surface area contributed by atoms with E-state index >= 15 is 0 Å². The van der Waals surface area contributed by atoms with Gasteiger partial charge in [-0.3, -0.25) is 14.5 Å². The minimum absolute atomic E-state index is 0.317. The molecule has 1 aromatic carbocycles. The third-order valence-corrected chi connectivity index (χ3v) is 6.55. The van der Waals surface area contributed by atoms with E-state index in [0.717, 1.165) is 41.4 Å². The molecule has 0 atom stereocenters. The Morgan fingerprint density at radius 2 is 1.69 bits per heavy atom. The molecule has 5 heterocycles. The molecule has 35 heavy (non-hydrogen) atoms. The van der Waals surface area contributed by atoms with Gasteiger partial charge in [0.25, 0.3) is 11.8 Å². The smallest absolute Gasteiger partial charge is 0.263 e. The van der Waals surface area contributed by atoms with Gasteiger partial charge in [-0.15, -0.1) is 0 Å². The number of rotatable bonds is 6. The van der Waals surface area contributed by atoms with Gasteiger partial charge >= 0.3 is 0 Å². The molecule has 0 saturated carbocycles. The van der Waals surface area contributed by atoms with Crippen molar-refractivity contribution in [2.75, 3.05) is 7.05 Å². The molecule has 0 fully saturated rings. The molecule has 1 aliphatic heterocycles. The lowest BCUT2D eigenvalue weighted by molar-refractivity contribution is -0.134. The van der Waals surface area contributed by atoms with Crippen molar-refractivity contribution < 1.29 is 9.59 Å². The second kappa shape index (κ2) is 8.05. The first-order chi connectivity index (χ1) is 17.0. The highest BCUT2D eigenvalue weighted by Gasteiger charge is 2.40. The maximum absolute atomic E-state index is 13.4. The number of imide groups is 1. The predicted octanol–water partition coefficient (Wildman–Crippen LogP) is 3.12. The molecule has 0 saturated heterocycles. The van der Waals surface area contributed by atoms with E-state index in [0.29, 0.717) is 22.5 Å². The van der Waals surface area contributed by atoms with Crippen LogP contribution in [0.15, 0.2) is 67.5 Å². The van der Waals surface area contributed by atoms with Crippen LogP contribution in [0.25, 0.3) is 33.1 Å². The van der Waals surface area contributed by atoms with Crippen LogP contribution in [0.5, 0.6) is 0 Å². The number of carbonyl (C=O) groups excluding carboxylic acids is 2. The van der Waals surface area contributed by atoms with Crippen molar-refractivity contribution in [3.63, 3.8) is 0 Å². The summed E-state index contributed by atoms with van der Waals surface area (Å²) in [7, 11) is 3.31. The minimum Gasteiger partial charge on any atom is -0.347 e. The van der Waals surface area contributed by atoms with Crippen molar-refractivity contribution in [1.29, 1.82) is 0 Å². The fraction of sp³-hybridized carbons (Fsp3) is 0.192. The lowest BCUT2D eigenvalue weighted by Gasteiger charge is -2.06. The van der Waals surface area contributed by atoms with Crippen LogP contribution in [0.4, 0.5) is 0 Å². The fourth-order valence-corrected chi connectivity index (χ4v) is 4.86. The van der Waals surface area contributed by atoms with E-state index in [1.807, 2.05) is 53.4 Å². The molecular weight excluding hydrogens is 442 g/mol. The molecule has 2 amide bonds. The minimum atomic E-state index is -0.356. The molecule has 1 aliphatic rings. The number of para-hydroxylation sites is 1. The van der Waals surface area contributed by atoms with E-state index in [-0.39, 0.29) is 11.8 Å². The summed E-state index contributed by atoms with van der Waals surface area (Å²) in [6, 6.07) is 11.7. The van der Waals surface area contributed by atoms with Crippen LogP contribution in [-0.4, -0.2) is 52.6 Å². The summed E-state index contributed by atoms with van der Waals surface area (Å²) < 4.78 is 5.84. The van der Waals surface area contributed by atoms with Crippen molar-refractivity contribution in [3.8, 4) is 0 Å². The Hall–Kier alpha value is -4.53. The molecule has 0 aliphatic carbocycles. The highest BCUT2D eigenvalue weighted by atomic mass is 16.2. The average Bonchev–Trinajstić information content (AvgIpc) is 3.64. The van der Waals surface area contributed by atoms with Crippen LogP contribution in [0.1, 0.15) is 17.7 Å². The van der Waals surface area contributed by atoms with E-state index in [4.69, 9.17) is 0 Å². The number of fused-ring (bicyclic) bond motifs is 2. The van der Waals surface area contributed by atoms with E-state index in [1.54, 1.807) is 30.5 Å². The van der Waals surface area contributed by atoms with Crippen molar-refractivity contribution in [1.82, 2.24) is 33.8 Å². The number of likely N-dealkylation sites (N-methyl/N-ethyl adjacent to an activating group) is 1. The number of benzene rings is 1. The Labute approximate surface area is 200 Å². The topological polar surface area (TPSA) is 90.8 Å². The van der Waals surface area contributed by atoms with Gasteiger partial charge in [0, 0.05) is 73.8 Å². The zero-order valence-corrected chi connectivity index (χ0v) is 19.4. The Morgan fingerprint density at radius 3 is 2.51 bits per heavy atom. The molecule has 4 aromatic heterocycles. The quantitative estimate of drug-likeness (QED) is 0.360. The Kier molecular flexibility index (Phi) is 4.84. The molecular formula is C26H23N7O2. The number of aryl methyl sites for hydroxylation is 3. The van der Waals surface area contributed by atoms with Crippen LogP contribution in [-0.2, 0) is 29.7 Å². The van der Waals surface area contributed by atoms with Gasteiger partial charge in [0.1, 0.15) is 5.69 Å². The second-order valence-corrected chi connectivity index (χ2v) is 8.67. The van der Waals surface area contributed by atoms with Crippen molar-refractivity contribution in [2.24, 2.45) is 7.05 Å². The number of nitrogens with zero attached hydrogens (tertiary/aromatic N) is 7. The maximum atomic E-state index is 13.4. The summed E-state index contributed by atoms with van der Waals surface area (Å²) in [5.74, 6) is -0.681. The molecule has 9 nitrogen and oxygen atoms in total. The summed E-state index contributed by atoms with van der Waals surface area (Å²) in [5.41, 5.74) is 3.59. The van der Waals surface area contributed by atoms with Gasteiger partial charge in [-0.05, 0) is 24.6 Å². The lowest BCUT2D eigenvalue weighted by Crippen LogP contribution is -2.26. The first kappa shape index (κ1) is 21.0. The van der Waals surface area contributed by atoms with Crippen LogP contribution in [0.2, 0.25) is 0 Å². The summed E-state index contributed by atoms with van der Waals surface area (Å²) in [5, 5.41) is 6.28. The normalized spacial score (nSPS) is 14.3. The maximum Gasteiger partial charge on any atom is 0.263 e. The van der Waals surface area contributed by atoms with Crippen molar-refractivity contribution in [3.05, 3.63) is 78.8 Å². The lowest BCUT2D eigenvalue weighted by atomic mass is 9.98. The van der Waals surface area contributed by atoms with Gasteiger partial charge in [-0.1, -0.05) is 18.2 Å². The molecule has 0 radical (unpaired) electrons. The van der Waals surface area contributed by atoms with Gasteiger partial charge in [0.05, 0.1) is 17.5 Å². The van der Waals surface area contributed by atoms with Crippen LogP contribution in [0, 0.1) is 0 Å². The highest BCUT2D eigenvalue weighted by Crippen LogP contribution is 2.40. The van der Waals surface area contributed by atoms with Crippen molar-refractivity contribution >= 4 is 44.9 Å². The first-order valence-electron chi connectivity index (χ1n) is 11.4. The first-order valence-corrected chi connectivity index (χ1v) is 11.4. The van der Waals surface area contributed by atoms with Gasteiger partial charge in [-0.25, -0.2) is 14.6 Å². The third kappa shape index (κ3) is 3.27. The van der Waals surface area contributed by atoms with Gasteiger partial charge in [0.15, 0.2) is 5.65 Å². The van der Waals surface area contributed by atoms with Crippen molar-refractivity contribution in [2.45, 2.75) is 19.5 Å². The molecule has 6 rings (SSSR count). The monoisotopic (exact) mass is 465 g/mol. The summed E-state index contributed by atoms with van der Waals surface area (Å²) in [4.78, 5) is 36.5. The fourth-order valence-electron chi connectivity index (χ4n) is 4.86. The summed E-state index contributed by atoms with van der Waals surface area (Å²) in [6.45, 7) is 1.60. The third-order valence-electron chi connectivity index (χ3n) is 6.55. The number of pyridine rings is 1. The second-order valence-electron chi connectivity index (χ2n) is 8.67. The summed E-state index contributed by atoms with van der Waals surface area (Å²) >= 11 is 0. The SMILES string of the molecule is CN1C(=O)C(c2cn(CCCn3ccnc3)c3ccccc23)=C(c2nn(C)c3ncccc23)C1=O. The molecule has 0 bridgehead atoms. The number of amides is 2. The number of aromatic nitrogens is 6. The van der Waals surface area contributed by atoms with E-state index < -0.39 is 0 Å². The Bertz CT molecular complexity index is 1640. The number of hydrogen-bond donors (Lipinski definition) is 0. The Balaban J connectivity index is 1.52. The van der Waals surface area contributed by atoms with Gasteiger partial charge in [0.2, 0.25) is 0 Å². The molecule has 0 unspecified atom stereocenters. The zero-order valence-electron chi connectivity index (χ0n) is 19.4. The zero-order chi connectivity index (χ0) is 24.1. The molecule has 5 aromatic rings. The summed E-state index contributed by atoms with van der Waals surface area (Å²) in [6.07, 6.45) is 10.1.